The van der Waals surface area contributed by atoms with E-state index in [2.05, 4.69) is 24.3 Å². The van der Waals surface area contributed by atoms with Crippen LogP contribution in [-0.2, 0) is 44.2 Å². The van der Waals surface area contributed by atoms with Gasteiger partial charge >= 0.3 is 17.9 Å². The Bertz CT molecular complexity index is 1290. The number of benzene rings is 3. The van der Waals surface area contributed by atoms with E-state index in [1.807, 2.05) is 60.7 Å². The second kappa shape index (κ2) is 10.2. The molecule has 8 nitrogen and oxygen atoms in total. The first-order chi connectivity index (χ1) is 18.5. The average molecular weight is 534 g/mol. The monoisotopic (exact) mass is 533 g/mol. The van der Waals surface area contributed by atoms with E-state index in [0.717, 1.165) is 4.90 Å². The SMILES string of the molecule is COC(=O)C1C2OC3C(OC(=O)C31)C2OC(=O)COc1ccc([S+](c2ccccc2)c2ccccc2)cc1. The molecule has 9 heteroatoms. The Morgan fingerprint density at radius 1 is 0.816 bits per heavy atom. The first kappa shape index (κ1) is 24.5. The van der Waals surface area contributed by atoms with Crippen LogP contribution in [0.5, 0.6) is 5.75 Å². The average Bonchev–Trinajstić information content (AvgIpc) is 3.58. The highest BCUT2D eigenvalue weighted by atomic mass is 32.2. The van der Waals surface area contributed by atoms with Crippen molar-refractivity contribution in [2.45, 2.75) is 39.1 Å². The lowest BCUT2D eigenvalue weighted by Crippen LogP contribution is -2.48. The highest BCUT2D eigenvalue weighted by Crippen LogP contribution is 2.51. The summed E-state index contributed by atoms with van der Waals surface area (Å²) in [6.45, 7) is -0.344. The van der Waals surface area contributed by atoms with Crippen LogP contribution in [0, 0.1) is 11.8 Å². The van der Waals surface area contributed by atoms with Gasteiger partial charge in [-0.2, -0.15) is 0 Å². The lowest BCUT2D eigenvalue weighted by atomic mass is 9.78. The highest BCUT2D eigenvalue weighted by molar-refractivity contribution is 7.97. The first-order valence-corrected chi connectivity index (χ1v) is 13.5. The summed E-state index contributed by atoms with van der Waals surface area (Å²) in [4.78, 5) is 40.7. The number of esters is 3. The smallest absolute Gasteiger partial charge is 0.344 e. The van der Waals surface area contributed by atoms with E-state index in [4.69, 9.17) is 23.7 Å². The van der Waals surface area contributed by atoms with Gasteiger partial charge in [-0.1, -0.05) is 36.4 Å². The predicted octanol–water partition coefficient (Wildman–Crippen LogP) is 3.18. The minimum Gasteiger partial charge on any atom is -0.482 e. The molecule has 0 aliphatic carbocycles. The van der Waals surface area contributed by atoms with Crippen LogP contribution in [0.1, 0.15) is 0 Å². The van der Waals surface area contributed by atoms with Crippen molar-refractivity contribution in [3.8, 4) is 5.75 Å². The molecule has 0 amide bonds. The number of ether oxygens (including phenoxy) is 5. The van der Waals surface area contributed by atoms with E-state index in [1.165, 1.54) is 16.9 Å². The van der Waals surface area contributed by atoms with Gasteiger partial charge < -0.3 is 23.7 Å². The summed E-state index contributed by atoms with van der Waals surface area (Å²) < 4.78 is 27.2. The Morgan fingerprint density at radius 2 is 1.42 bits per heavy atom. The molecular formula is C29H25O8S+. The molecule has 3 fully saturated rings. The third kappa shape index (κ3) is 4.31. The molecule has 3 aliphatic heterocycles. The standard InChI is InChI=1S/C29H25O8S/c1-33-28(31)22-23-25-27(37-29(23)32)26(24(22)36-25)35-21(30)16-34-17-12-14-20(15-13-17)38(18-8-4-2-5-9-18)19-10-6-3-7-11-19/h2-15,22-27H,16H2,1H3/q+1. The maximum Gasteiger partial charge on any atom is 0.344 e. The minimum atomic E-state index is -0.885. The first-order valence-electron chi connectivity index (χ1n) is 12.3. The fraction of sp³-hybridized carbons (Fsp3) is 0.276. The van der Waals surface area contributed by atoms with Gasteiger partial charge in [-0.3, -0.25) is 9.59 Å². The number of hydrogen-bond donors (Lipinski definition) is 0. The van der Waals surface area contributed by atoms with Crippen LogP contribution in [-0.4, -0.2) is 56.0 Å². The van der Waals surface area contributed by atoms with Crippen LogP contribution in [0.2, 0.25) is 0 Å². The number of hydrogen-bond acceptors (Lipinski definition) is 8. The molecule has 0 spiro atoms. The molecule has 0 radical (unpaired) electrons. The van der Waals surface area contributed by atoms with Gasteiger partial charge in [-0.05, 0) is 48.5 Å². The molecule has 6 atom stereocenters. The van der Waals surface area contributed by atoms with E-state index < -0.39 is 54.2 Å². The zero-order valence-corrected chi connectivity index (χ0v) is 21.2. The molecule has 3 aromatic carbocycles. The van der Waals surface area contributed by atoms with E-state index in [-0.39, 0.29) is 17.5 Å². The van der Waals surface area contributed by atoms with Crippen molar-refractivity contribution < 1.29 is 38.1 Å². The van der Waals surface area contributed by atoms with Gasteiger partial charge in [-0.15, -0.1) is 0 Å². The van der Waals surface area contributed by atoms with Crippen molar-refractivity contribution in [3.05, 3.63) is 84.9 Å². The summed E-state index contributed by atoms with van der Waals surface area (Å²) in [6.07, 6.45) is -3.02. The predicted molar refractivity (Wildman–Crippen MR) is 134 cm³/mol. The molecule has 0 aromatic heterocycles. The van der Waals surface area contributed by atoms with Crippen LogP contribution in [0.3, 0.4) is 0 Å². The van der Waals surface area contributed by atoms with Crippen molar-refractivity contribution in [1.82, 2.24) is 0 Å². The second-order valence-electron chi connectivity index (χ2n) is 9.19. The Labute approximate surface area is 222 Å². The molecule has 194 valence electrons. The number of carbonyl (C=O) groups excluding carboxylic acids is 3. The third-order valence-corrected chi connectivity index (χ3v) is 9.25. The zero-order valence-electron chi connectivity index (χ0n) is 20.4. The normalized spacial score (nSPS) is 26.7. The second-order valence-corrected chi connectivity index (χ2v) is 11.2. The maximum atomic E-state index is 12.6. The van der Waals surface area contributed by atoms with Crippen LogP contribution < -0.4 is 4.74 Å². The zero-order chi connectivity index (χ0) is 26.2. The number of methoxy groups -OCH3 is 1. The summed E-state index contributed by atoms with van der Waals surface area (Å²) in [6, 6.07) is 28.2. The molecule has 0 saturated carbocycles. The molecule has 2 bridgehead atoms. The highest BCUT2D eigenvalue weighted by Gasteiger charge is 2.72. The minimum absolute atomic E-state index is 0.293. The molecule has 3 aliphatic rings. The maximum absolute atomic E-state index is 12.6. The van der Waals surface area contributed by atoms with Crippen molar-refractivity contribution in [2.75, 3.05) is 13.7 Å². The molecule has 0 N–H and O–H groups in total. The third-order valence-electron chi connectivity index (χ3n) is 7.02. The molecule has 6 rings (SSSR count). The number of carbonyl (C=O) groups is 3. The summed E-state index contributed by atoms with van der Waals surface area (Å²) in [5.74, 6) is -2.82. The van der Waals surface area contributed by atoms with Crippen LogP contribution in [0.15, 0.2) is 99.6 Å². The van der Waals surface area contributed by atoms with Crippen molar-refractivity contribution in [2.24, 2.45) is 11.8 Å². The van der Waals surface area contributed by atoms with E-state index in [1.54, 1.807) is 0 Å². The van der Waals surface area contributed by atoms with Crippen LogP contribution >= 0.6 is 0 Å². The van der Waals surface area contributed by atoms with Gasteiger partial charge in [-0.25, -0.2) is 4.79 Å². The van der Waals surface area contributed by atoms with Crippen molar-refractivity contribution >= 4 is 28.8 Å². The Hall–Kier alpha value is -3.82. The number of fused-ring (bicyclic) bond motifs is 1. The summed E-state index contributed by atoms with van der Waals surface area (Å²) in [7, 11) is 0.952. The summed E-state index contributed by atoms with van der Waals surface area (Å²) in [5, 5.41) is 0. The van der Waals surface area contributed by atoms with E-state index in [0.29, 0.717) is 5.75 Å². The Morgan fingerprint density at radius 3 is 2.03 bits per heavy atom. The Balaban J connectivity index is 1.11. The summed E-state index contributed by atoms with van der Waals surface area (Å²) in [5.41, 5.74) is 0. The lowest BCUT2D eigenvalue weighted by Gasteiger charge is -2.26. The molecule has 6 unspecified atom stereocenters. The van der Waals surface area contributed by atoms with Gasteiger partial charge in [0.25, 0.3) is 0 Å². The topological polar surface area (TPSA) is 97.4 Å². The Kier molecular flexibility index (Phi) is 6.55. The van der Waals surface area contributed by atoms with E-state index >= 15 is 0 Å². The quantitative estimate of drug-likeness (QED) is 0.248. The van der Waals surface area contributed by atoms with Gasteiger partial charge in [0.1, 0.15) is 29.8 Å². The number of rotatable bonds is 8. The molecule has 3 saturated heterocycles. The van der Waals surface area contributed by atoms with Gasteiger partial charge in [0.2, 0.25) is 0 Å². The fourth-order valence-corrected chi connectivity index (χ4v) is 7.48. The molecule has 38 heavy (non-hydrogen) atoms. The van der Waals surface area contributed by atoms with Gasteiger partial charge in [0, 0.05) is 0 Å². The molecular weight excluding hydrogens is 508 g/mol. The van der Waals surface area contributed by atoms with Gasteiger partial charge in [0.15, 0.2) is 33.5 Å². The van der Waals surface area contributed by atoms with Crippen LogP contribution in [0.4, 0.5) is 0 Å². The van der Waals surface area contributed by atoms with Gasteiger partial charge in [0.05, 0.1) is 18.0 Å². The largest absolute Gasteiger partial charge is 0.482 e. The van der Waals surface area contributed by atoms with Crippen molar-refractivity contribution in [1.29, 1.82) is 0 Å². The van der Waals surface area contributed by atoms with E-state index in [9.17, 15) is 14.4 Å². The molecule has 3 aromatic rings. The fourth-order valence-electron chi connectivity index (χ4n) is 5.40. The summed E-state index contributed by atoms with van der Waals surface area (Å²) >= 11 is 0. The lowest BCUT2D eigenvalue weighted by molar-refractivity contribution is -0.164. The molecule has 3 heterocycles. The van der Waals surface area contributed by atoms with Crippen LogP contribution in [0.25, 0.3) is 0 Å². The van der Waals surface area contributed by atoms with Crippen molar-refractivity contribution in [3.63, 3.8) is 0 Å².